The van der Waals surface area contributed by atoms with Gasteiger partial charge in [0, 0.05) is 28.8 Å². The van der Waals surface area contributed by atoms with Crippen LogP contribution >= 0.6 is 0 Å². The first kappa shape index (κ1) is 10.9. The van der Waals surface area contributed by atoms with Gasteiger partial charge in [-0.3, -0.25) is 0 Å². The lowest BCUT2D eigenvalue weighted by Crippen LogP contribution is -2.18. The number of rotatable bonds is 1. The Morgan fingerprint density at radius 2 is 1.79 bits per heavy atom. The first-order chi connectivity index (χ1) is 9.42. The number of hydrogen-bond acceptors (Lipinski definition) is 1. The molecule has 2 heteroatoms. The zero-order valence-electron chi connectivity index (χ0n) is 11.0. The van der Waals surface area contributed by atoms with Crippen molar-refractivity contribution in [3.63, 3.8) is 0 Å². The molecule has 0 saturated heterocycles. The van der Waals surface area contributed by atoms with Crippen LogP contribution in [0.25, 0.3) is 6.08 Å². The molecule has 0 fully saturated rings. The number of aryl methyl sites for hydroxylation is 1. The molecule has 96 valence electrons. The van der Waals surface area contributed by atoms with Gasteiger partial charge in [0.15, 0.2) is 0 Å². The minimum atomic E-state index is 0.961. The molecule has 0 radical (unpaired) electrons. The Balaban J connectivity index is 1.70. The molecule has 0 bridgehead atoms. The standard InChI is InChI=1S/C17H18N2/c1-2-6-13(7-3-1)19-11-10-15-14-8-4-5-9-16(14)18-17(15)12-19/h1-3,6-7,10-11,18H,4-5,8-9,12H2. The van der Waals surface area contributed by atoms with Crippen molar-refractivity contribution in [1.29, 1.82) is 0 Å². The van der Waals surface area contributed by atoms with E-state index in [9.17, 15) is 0 Å². The van der Waals surface area contributed by atoms with Crippen LogP contribution in [0, 0.1) is 0 Å². The zero-order chi connectivity index (χ0) is 12.7. The lowest BCUT2D eigenvalue weighted by Gasteiger charge is -2.24. The molecule has 1 aromatic carbocycles. The highest BCUT2D eigenvalue weighted by molar-refractivity contribution is 5.66. The van der Waals surface area contributed by atoms with Crippen LogP contribution in [0.15, 0.2) is 36.5 Å². The molecule has 1 aliphatic heterocycles. The fourth-order valence-corrected chi connectivity index (χ4v) is 3.28. The predicted molar refractivity (Wildman–Crippen MR) is 79.1 cm³/mol. The van der Waals surface area contributed by atoms with Crippen molar-refractivity contribution in [2.45, 2.75) is 32.2 Å². The van der Waals surface area contributed by atoms with Gasteiger partial charge in [-0.1, -0.05) is 18.2 Å². The van der Waals surface area contributed by atoms with Crippen LogP contribution in [0.3, 0.4) is 0 Å². The van der Waals surface area contributed by atoms with Gasteiger partial charge >= 0.3 is 0 Å². The second-order valence-corrected chi connectivity index (χ2v) is 5.46. The Labute approximate surface area is 113 Å². The maximum atomic E-state index is 3.66. The third kappa shape index (κ3) is 1.79. The second kappa shape index (κ2) is 4.30. The van der Waals surface area contributed by atoms with Gasteiger partial charge in [0.05, 0.1) is 6.54 Å². The summed E-state index contributed by atoms with van der Waals surface area (Å²) in [6, 6.07) is 10.6. The van der Waals surface area contributed by atoms with E-state index in [1.165, 1.54) is 48.3 Å². The molecular weight excluding hydrogens is 232 g/mol. The van der Waals surface area contributed by atoms with Gasteiger partial charge in [0.25, 0.3) is 0 Å². The molecule has 1 aliphatic carbocycles. The number of para-hydroxylation sites is 1. The predicted octanol–water partition coefficient (Wildman–Crippen LogP) is 3.88. The average molecular weight is 250 g/mol. The smallest absolute Gasteiger partial charge is 0.0632 e. The van der Waals surface area contributed by atoms with E-state index in [4.69, 9.17) is 0 Å². The van der Waals surface area contributed by atoms with E-state index in [1.807, 2.05) is 0 Å². The third-order valence-electron chi connectivity index (χ3n) is 4.26. The van der Waals surface area contributed by atoms with Gasteiger partial charge in [-0.2, -0.15) is 0 Å². The van der Waals surface area contributed by atoms with E-state index in [0.717, 1.165) is 6.54 Å². The summed E-state index contributed by atoms with van der Waals surface area (Å²) < 4.78 is 0. The fourth-order valence-electron chi connectivity index (χ4n) is 3.28. The van der Waals surface area contributed by atoms with Gasteiger partial charge in [-0.25, -0.2) is 0 Å². The van der Waals surface area contributed by atoms with Crippen molar-refractivity contribution in [1.82, 2.24) is 4.98 Å². The van der Waals surface area contributed by atoms with Gasteiger partial charge in [0.2, 0.25) is 0 Å². The molecule has 19 heavy (non-hydrogen) atoms. The highest BCUT2D eigenvalue weighted by Crippen LogP contribution is 2.32. The maximum absolute atomic E-state index is 3.66. The summed E-state index contributed by atoms with van der Waals surface area (Å²) in [5, 5.41) is 0. The largest absolute Gasteiger partial charge is 0.360 e. The maximum Gasteiger partial charge on any atom is 0.0632 e. The molecule has 4 rings (SSSR count). The van der Waals surface area contributed by atoms with Crippen molar-refractivity contribution in [3.05, 3.63) is 59.0 Å². The molecule has 2 heterocycles. The Morgan fingerprint density at radius 1 is 0.947 bits per heavy atom. The molecule has 2 aliphatic rings. The Morgan fingerprint density at radius 3 is 2.68 bits per heavy atom. The number of nitrogens with zero attached hydrogens (tertiary/aromatic N) is 1. The number of hydrogen-bond donors (Lipinski definition) is 1. The molecule has 2 aromatic rings. The van der Waals surface area contributed by atoms with Crippen LogP contribution in [0.1, 0.15) is 35.4 Å². The van der Waals surface area contributed by atoms with Crippen molar-refractivity contribution in [3.8, 4) is 0 Å². The van der Waals surface area contributed by atoms with Crippen molar-refractivity contribution >= 4 is 11.8 Å². The van der Waals surface area contributed by atoms with E-state index >= 15 is 0 Å². The molecule has 0 spiro atoms. The normalized spacial score (nSPS) is 17.2. The fraction of sp³-hybridized carbons (Fsp3) is 0.294. The molecule has 0 saturated carbocycles. The van der Waals surface area contributed by atoms with E-state index < -0.39 is 0 Å². The van der Waals surface area contributed by atoms with Crippen LogP contribution in [0.2, 0.25) is 0 Å². The molecule has 0 amide bonds. The summed E-state index contributed by atoms with van der Waals surface area (Å²) >= 11 is 0. The number of H-pyrrole nitrogens is 1. The average Bonchev–Trinajstić information content (AvgIpc) is 2.86. The molecule has 0 atom stereocenters. The number of aromatic amines is 1. The second-order valence-electron chi connectivity index (χ2n) is 5.46. The molecule has 0 unspecified atom stereocenters. The van der Waals surface area contributed by atoms with Gasteiger partial charge in [0.1, 0.15) is 0 Å². The van der Waals surface area contributed by atoms with Crippen LogP contribution in [0.5, 0.6) is 0 Å². The third-order valence-corrected chi connectivity index (χ3v) is 4.26. The number of aromatic nitrogens is 1. The molecule has 2 nitrogen and oxygen atoms in total. The van der Waals surface area contributed by atoms with Crippen molar-refractivity contribution in [2.24, 2.45) is 0 Å². The summed E-state index contributed by atoms with van der Waals surface area (Å²) in [6.45, 7) is 0.961. The summed E-state index contributed by atoms with van der Waals surface area (Å²) in [5.74, 6) is 0. The topological polar surface area (TPSA) is 19.0 Å². The Bertz CT molecular complexity index is 622. The zero-order valence-corrected chi connectivity index (χ0v) is 11.0. The van der Waals surface area contributed by atoms with Gasteiger partial charge in [-0.05, 0) is 49.5 Å². The van der Waals surface area contributed by atoms with E-state index in [2.05, 4.69) is 52.5 Å². The van der Waals surface area contributed by atoms with Crippen LogP contribution < -0.4 is 4.90 Å². The van der Waals surface area contributed by atoms with Crippen LogP contribution in [-0.2, 0) is 19.4 Å². The SMILES string of the molecule is C1=CN(c2ccccc2)Cc2[nH]c3c(c21)CCCC3. The molecular formula is C17H18N2. The first-order valence-electron chi connectivity index (χ1n) is 7.14. The number of benzene rings is 1. The summed E-state index contributed by atoms with van der Waals surface area (Å²) in [6.07, 6.45) is 9.65. The molecule has 1 aromatic heterocycles. The van der Waals surface area contributed by atoms with Crippen LogP contribution in [0.4, 0.5) is 5.69 Å². The Hall–Kier alpha value is -1.96. The highest BCUT2D eigenvalue weighted by Gasteiger charge is 2.22. The van der Waals surface area contributed by atoms with E-state index in [0.29, 0.717) is 0 Å². The minimum Gasteiger partial charge on any atom is -0.360 e. The van der Waals surface area contributed by atoms with E-state index in [1.54, 1.807) is 5.56 Å². The number of fused-ring (bicyclic) bond motifs is 3. The van der Waals surface area contributed by atoms with Gasteiger partial charge in [-0.15, -0.1) is 0 Å². The first-order valence-corrected chi connectivity index (χ1v) is 7.14. The van der Waals surface area contributed by atoms with Crippen LogP contribution in [-0.4, -0.2) is 4.98 Å². The quantitative estimate of drug-likeness (QED) is 0.813. The highest BCUT2D eigenvalue weighted by atomic mass is 15.1. The number of nitrogens with one attached hydrogen (secondary N) is 1. The monoisotopic (exact) mass is 250 g/mol. The lowest BCUT2D eigenvalue weighted by atomic mass is 9.94. The van der Waals surface area contributed by atoms with E-state index in [-0.39, 0.29) is 0 Å². The van der Waals surface area contributed by atoms with Crippen molar-refractivity contribution in [2.75, 3.05) is 4.90 Å². The Kier molecular flexibility index (Phi) is 2.47. The minimum absolute atomic E-state index is 0.961. The lowest BCUT2D eigenvalue weighted by molar-refractivity contribution is 0.676. The summed E-state index contributed by atoms with van der Waals surface area (Å²) in [7, 11) is 0. The van der Waals surface area contributed by atoms with Crippen molar-refractivity contribution < 1.29 is 0 Å². The van der Waals surface area contributed by atoms with Gasteiger partial charge < -0.3 is 9.88 Å². The summed E-state index contributed by atoms with van der Waals surface area (Å²) in [4.78, 5) is 5.97. The molecule has 1 N–H and O–H groups in total. The number of anilines is 1. The summed E-state index contributed by atoms with van der Waals surface area (Å²) in [5.41, 5.74) is 7.16.